The highest BCUT2D eigenvalue weighted by molar-refractivity contribution is 6.32. The summed E-state index contributed by atoms with van der Waals surface area (Å²) in [6, 6.07) is 2.98. The van der Waals surface area contributed by atoms with Crippen LogP contribution in [0.1, 0.15) is 29.8 Å². The number of carbonyl (C=O) groups excluding carboxylic acids is 1. The van der Waals surface area contributed by atoms with Crippen LogP contribution in [0.25, 0.3) is 11.5 Å². The predicted octanol–water partition coefficient (Wildman–Crippen LogP) is 2.39. The molecule has 2 N–H and O–H groups in total. The summed E-state index contributed by atoms with van der Waals surface area (Å²) in [6.07, 6.45) is 6.60. The van der Waals surface area contributed by atoms with Gasteiger partial charge in [-0.2, -0.15) is 15.3 Å². The minimum absolute atomic E-state index is 0.0332. The third-order valence-electron chi connectivity index (χ3n) is 4.28. The summed E-state index contributed by atoms with van der Waals surface area (Å²) < 4.78 is 1.58. The molecule has 4 aromatic heterocycles. The third-order valence-corrected chi connectivity index (χ3v) is 4.74. The molecule has 1 atom stereocenters. The second-order valence-corrected chi connectivity index (χ2v) is 7.35. The Bertz CT molecular complexity index is 1190. The molecule has 0 saturated heterocycles. The van der Waals surface area contributed by atoms with Crippen molar-refractivity contribution in [3.63, 3.8) is 0 Å². The Morgan fingerprint density at radius 1 is 1.14 bits per heavy atom. The summed E-state index contributed by atoms with van der Waals surface area (Å²) in [6.45, 7) is 1.82. The molecule has 11 heteroatoms. The van der Waals surface area contributed by atoms with Crippen molar-refractivity contribution < 1.29 is 4.79 Å². The Morgan fingerprint density at radius 3 is 2.59 bits per heavy atom. The molecule has 0 spiro atoms. The fourth-order valence-electron chi connectivity index (χ4n) is 3.12. The zero-order valence-corrected chi connectivity index (χ0v) is 16.8. The summed E-state index contributed by atoms with van der Waals surface area (Å²) in [5.41, 5.74) is 8.79. The number of hydrogen-bond acceptors (Lipinski definition) is 7. The topological polar surface area (TPSA) is 117 Å². The van der Waals surface area contributed by atoms with Crippen LogP contribution >= 0.6 is 23.2 Å². The quantitative estimate of drug-likeness (QED) is 0.498. The van der Waals surface area contributed by atoms with Gasteiger partial charge >= 0.3 is 0 Å². The van der Waals surface area contributed by atoms with E-state index >= 15 is 0 Å². The third kappa shape index (κ3) is 3.98. The minimum Gasteiger partial charge on any atom is -0.323 e. The van der Waals surface area contributed by atoms with E-state index in [4.69, 9.17) is 28.9 Å². The first-order valence-corrected chi connectivity index (χ1v) is 9.49. The van der Waals surface area contributed by atoms with E-state index in [0.29, 0.717) is 38.5 Å². The molecule has 4 aromatic rings. The number of nitrogens with two attached hydrogens (primary N) is 1. The molecule has 4 heterocycles. The van der Waals surface area contributed by atoms with Crippen LogP contribution in [-0.4, -0.2) is 40.4 Å². The number of halogens is 2. The SMILES string of the molecule is C[C@H](N)c1c(CC(=O)Cc2cnc(-n3nccn3)c(Cl)c2)cnc2cc(Cl)nn12. The molecule has 0 aliphatic heterocycles. The number of hydrogen-bond donors (Lipinski definition) is 1. The van der Waals surface area contributed by atoms with E-state index < -0.39 is 0 Å². The fourth-order valence-corrected chi connectivity index (χ4v) is 3.56. The number of aromatic nitrogens is 7. The van der Waals surface area contributed by atoms with Gasteiger partial charge in [0.15, 0.2) is 16.6 Å². The lowest BCUT2D eigenvalue weighted by Crippen LogP contribution is -2.18. The molecule has 0 aliphatic carbocycles. The van der Waals surface area contributed by atoms with Crippen LogP contribution in [0.15, 0.2) is 36.9 Å². The zero-order valence-electron chi connectivity index (χ0n) is 15.3. The standard InChI is InChI=1S/C18H16Cl2N8O/c1-10(21)17-12(9-22-16-7-15(20)26-27(16)17)6-13(29)4-11-5-14(19)18(23-8-11)28-24-2-3-25-28/h2-3,5,7-10H,4,6,21H2,1H3/t10-/m0/s1. The van der Waals surface area contributed by atoms with Crippen LogP contribution in [-0.2, 0) is 17.6 Å². The van der Waals surface area contributed by atoms with Crippen LogP contribution in [0.5, 0.6) is 0 Å². The number of Topliss-reactive ketones (excluding diaryl/α,β-unsaturated/α-hetero) is 1. The maximum Gasteiger partial charge on any atom is 0.193 e. The molecule has 0 fully saturated rings. The number of fused-ring (bicyclic) bond motifs is 1. The Kier molecular flexibility index (Phi) is 5.27. The first-order chi connectivity index (χ1) is 13.9. The monoisotopic (exact) mass is 430 g/mol. The van der Waals surface area contributed by atoms with Crippen molar-refractivity contribution in [2.24, 2.45) is 5.73 Å². The number of ketones is 1. The predicted molar refractivity (Wildman–Crippen MR) is 107 cm³/mol. The fraction of sp³-hybridized carbons (Fsp3) is 0.222. The van der Waals surface area contributed by atoms with Gasteiger partial charge in [-0.15, -0.1) is 4.80 Å². The molecule has 0 bridgehead atoms. The molecule has 0 aromatic carbocycles. The van der Waals surface area contributed by atoms with E-state index in [9.17, 15) is 4.79 Å². The first-order valence-electron chi connectivity index (χ1n) is 8.74. The van der Waals surface area contributed by atoms with Crippen LogP contribution in [0, 0.1) is 0 Å². The Balaban J connectivity index is 1.56. The average molecular weight is 431 g/mol. The molecule has 9 nitrogen and oxygen atoms in total. The first kappa shape index (κ1) is 19.4. The molecule has 29 heavy (non-hydrogen) atoms. The smallest absolute Gasteiger partial charge is 0.193 e. The zero-order chi connectivity index (χ0) is 20.5. The summed E-state index contributed by atoms with van der Waals surface area (Å²) >= 11 is 12.3. The van der Waals surface area contributed by atoms with E-state index in [-0.39, 0.29) is 24.7 Å². The van der Waals surface area contributed by atoms with Crippen molar-refractivity contribution in [3.8, 4) is 5.82 Å². The second kappa shape index (κ2) is 7.86. The van der Waals surface area contributed by atoms with Gasteiger partial charge in [-0.25, -0.2) is 14.5 Å². The van der Waals surface area contributed by atoms with Crippen molar-refractivity contribution in [2.45, 2.75) is 25.8 Å². The summed E-state index contributed by atoms with van der Waals surface area (Å²) in [5.74, 6) is 0.367. The van der Waals surface area contributed by atoms with Crippen molar-refractivity contribution in [1.29, 1.82) is 0 Å². The summed E-state index contributed by atoms with van der Waals surface area (Å²) in [7, 11) is 0. The number of rotatable bonds is 6. The van der Waals surface area contributed by atoms with Gasteiger partial charge in [-0.3, -0.25) is 4.79 Å². The maximum absolute atomic E-state index is 12.7. The molecular weight excluding hydrogens is 415 g/mol. The van der Waals surface area contributed by atoms with Gasteiger partial charge in [-0.05, 0) is 18.6 Å². The summed E-state index contributed by atoms with van der Waals surface area (Å²) in [4.78, 5) is 22.6. The molecule has 0 saturated carbocycles. The van der Waals surface area contributed by atoms with Gasteiger partial charge in [0.25, 0.3) is 0 Å². The molecule has 0 amide bonds. The van der Waals surface area contributed by atoms with Crippen LogP contribution < -0.4 is 5.73 Å². The average Bonchev–Trinajstić information content (AvgIpc) is 3.30. The van der Waals surface area contributed by atoms with Gasteiger partial charge in [0.2, 0.25) is 0 Å². The molecular formula is C18H16Cl2N8O. The minimum atomic E-state index is -0.351. The molecule has 4 rings (SSSR count). The van der Waals surface area contributed by atoms with Crippen molar-refractivity contribution in [1.82, 2.24) is 34.6 Å². The highest BCUT2D eigenvalue weighted by atomic mass is 35.5. The number of nitrogens with zero attached hydrogens (tertiary/aromatic N) is 7. The van der Waals surface area contributed by atoms with Gasteiger partial charge in [0, 0.05) is 42.9 Å². The van der Waals surface area contributed by atoms with E-state index in [1.54, 1.807) is 29.0 Å². The van der Waals surface area contributed by atoms with Gasteiger partial charge in [0.05, 0.1) is 23.1 Å². The normalized spacial score (nSPS) is 12.4. The Hall–Kier alpha value is -2.88. The van der Waals surface area contributed by atoms with Gasteiger partial charge in [0.1, 0.15) is 5.78 Å². The molecule has 148 valence electrons. The Labute approximate surface area is 175 Å². The van der Waals surface area contributed by atoms with Crippen LogP contribution in [0.2, 0.25) is 10.2 Å². The largest absolute Gasteiger partial charge is 0.323 e. The highest BCUT2D eigenvalue weighted by Gasteiger charge is 2.18. The lowest BCUT2D eigenvalue weighted by molar-refractivity contribution is -0.117. The lowest BCUT2D eigenvalue weighted by atomic mass is 10.0. The molecule has 0 aliphatic rings. The Morgan fingerprint density at radius 2 is 1.90 bits per heavy atom. The van der Waals surface area contributed by atoms with Crippen molar-refractivity contribution in [3.05, 3.63) is 63.9 Å². The van der Waals surface area contributed by atoms with Crippen LogP contribution in [0.4, 0.5) is 0 Å². The highest BCUT2D eigenvalue weighted by Crippen LogP contribution is 2.22. The summed E-state index contributed by atoms with van der Waals surface area (Å²) in [5, 5.41) is 12.9. The van der Waals surface area contributed by atoms with Gasteiger partial charge < -0.3 is 5.73 Å². The second-order valence-electron chi connectivity index (χ2n) is 6.55. The van der Waals surface area contributed by atoms with E-state index in [2.05, 4.69) is 25.3 Å². The van der Waals surface area contributed by atoms with E-state index in [0.717, 1.165) is 0 Å². The maximum atomic E-state index is 12.7. The lowest BCUT2D eigenvalue weighted by Gasteiger charge is -2.14. The van der Waals surface area contributed by atoms with Crippen molar-refractivity contribution in [2.75, 3.05) is 0 Å². The number of carbonyl (C=O) groups is 1. The van der Waals surface area contributed by atoms with E-state index in [1.807, 2.05) is 6.92 Å². The molecule has 0 unspecified atom stereocenters. The molecule has 0 radical (unpaired) electrons. The van der Waals surface area contributed by atoms with Crippen molar-refractivity contribution >= 4 is 34.6 Å². The number of pyridine rings is 1. The van der Waals surface area contributed by atoms with E-state index in [1.165, 1.54) is 17.2 Å². The van der Waals surface area contributed by atoms with Crippen LogP contribution in [0.3, 0.4) is 0 Å². The van der Waals surface area contributed by atoms with Gasteiger partial charge in [-0.1, -0.05) is 23.2 Å².